The molecule has 1 rings (SSSR count). The number of carbonyl (C=O) groups is 2. The minimum absolute atomic E-state index is 0.105. The largest absolute Gasteiger partial charge is 0.481 e. The molecule has 6 heteroatoms. The van der Waals surface area contributed by atoms with E-state index in [2.05, 4.69) is 0 Å². The molecule has 0 bridgehead atoms. The number of aliphatic carboxylic acids is 2. The van der Waals surface area contributed by atoms with Gasteiger partial charge < -0.3 is 10.2 Å². The molecule has 14 heavy (non-hydrogen) atoms. The van der Waals surface area contributed by atoms with Gasteiger partial charge in [-0.15, -0.1) is 0 Å². The molecule has 0 aromatic rings. The van der Waals surface area contributed by atoms with E-state index in [4.69, 9.17) is 33.4 Å². The van der Waals surface area contributed by atoms with Gasteiger partial charge in [-0.25, -0.2) is 0 Å². The number of carboxylic acids is 2. The lowest BCUT2D eigenvalue weighted by atomic mass is 10.1. The topological polar surface area (TPSA) is 74.6 Å². The second-order valence-corrected chi connectivity index (χ2v) is 4.39. The number of hydrogen-bond donors (Lipinski definition) is 2. The van der Waals surface area contributed by atoms with Gasteiger partial charge in [0, 0.05) is 5.92 Å². The molecule has 1 saturated carbocycles. The molecule has 3 unspecified atom stereocenters. The summed E-state index contributed by atoms with van der Waals surface area (Å²) in [6.45, 7) is 1.37. The minimum atomic E-state index is -1.29. The van der Waals surface area contributed by atoms with Crippen LogP contribution in [0.15, 0.2) is 10.6 Å². The Hall–Kier alpha value is -0.740. The van der Waals surface area contributed by atoms with Crippen molar-refractivity contribution in [3.05, 3.63) is 10.6 Å². The van der Waals surface area contributed by atoms with E-state index in [1.165, 1.54) is 13.0 Å². The highest BCUT2D eigenvalue weighted by Gasteiger charge is 2.69. The fraction of sp³-hybridized carbons (Fsp3) is 0.500. The lowest BCUT2D eigenvalue weighted by molar-refractivity contribution is -0.148. The molecule has 1 fully saturated rings. The molecular weight excluding hydrogens is 231 g/mol. The van der Waals surface area contributed by atoms with E-state index in [1.54, 1.807) is 0 Å². The van der Waals surface area contributed by atoms with Gasteiger partial charge in [0.2, 0.25) is 0 Å². The summed E-state index contributed by atoms with van der Waals surface area (Å²) in [4.78, 5) is 21.5. The first kappa shape index (κ1) is 11.3. The Morgan fingerprint density at radius 1 is 1.36 bits per heavy atom. The third-order valence-electron chi connectivity index (χ3n) is 2.62. The van der Waals surface area contributed by atoms with Gasteiger partial charge in [0.25, 0.3) is 0 Å². The van der Waals surface area contributed by atoms with E-state index in [1.807, 2.05) is 0 Å². The van der Waals surface area contributed by atoms with Crippen LogP contribution in [-0.2, 0) is 9.59 Å². The maximum atomic E-state index is 10.8. The van der Waals surface area contributed by atoms with Crippen molar-refractivity contribution in [3.8, 4) is 0 Å². The fourth-order valence-electron chi connectivity index (χ4n) is 1.64. The van der Waals surface area contributed by atoms with Crippen LogP contribution in [0, 0.1) is 17.3 Å². The molecule has 2 N–H and O–H groups in total. The summed E-state index contributed by atoms with van der Waals surface area (Å²) < 4.78 is -0.105. The number of halogens is 2. The van der Waals surface area contributed by atoms with Crippen LogP contribution >= 0.6 is 23.2 Å². The Morgan fingerprint density at radius 2 is 1.86 bits per heavy atom. The van der Waals surface area contributed by atoms with Crippen molar-refractivity contribution in [1.29, 1.82) is 0 Å². The predicted molar refractivity (Wildman–Crippen MR) is 50.1 cm³/mol. The first-order valence-electron chi connectivity index (χ1n) is 3.80. The normalized spacial score (nSPS) is 34.8. The molecule has 0 aromatic heterocycles. The molecule has 78 valence electrons. The van der Waals surface area contributed by atoms with Crippen molar-refractivity contribution in [3.63, 3.8) is 0 Å². The number of rotatable bonds is 3. The molecule has 1 aliphatic rings. The number of carboxylic acid groups (broad SMARTS) is 2. The molecule has 0 aromatic carbocycles. The highest BCUT2D eigenvalue weighted by atomic mass is 35.5. The molecule has 0 aliphatic heterocycles. The maximum Gasteiger partial charge on any atom is 0.310 e. The van der Waals surface area contributed by atoms with Gasteiger partial charge in [0.15, 0.2) is 0 Å². The van der Waals surface area contributed by atoms with Crippen molar-refractivity contribution in [2.75, 3.05) is 0 Å². The summed E-state index contributed by atoms with van der Waals surface area (Å²) >= 11 is 10.7. The van der Waals surface area contributed by atoms with E-state index in [9.17, 15) is 9.59 Å². The quantitative estimate of drug-likeness (QED) is 0.786. The summed E-state index contributed by atoms with van der Waals surface area (Å²) in [6.07, 6.45) is 1.26. The molecule has 0 amide bonds. The van der Waals surface area contributed by atoms with E-state index in [0.717, 1.165) is 0 Å². The van der Waals surface area contributed by atoms with Gasteiger partial charge in [-0.05, 0) is 13.0 Å². The Morgan fingerprint density at radius 3 is 2.07 bits per heavy atom. The van der Waals surface area contributed by atoms with Crippen LogP contribution in [0.2, 0.25) is 0 Å². The third kappa shape index (κ3) is 1.60. The van der Waals surface area contributed by atoms with Crippen molar-refractivity contribution < 1.29 is 19.8 Å². The van der Waals surface area contributed by atoms with Gasteiger partial charge in [0.1, 0.15) is 4.49 Å². The fourth-order valence-corrected chi connectivity index (χ4v) is 1.91. The summed E-state index contributed by atoms with van der Waals surface area (Å²) in [5, 5.41) is 17.6. The lowest BCUT2D eigenvalue weighted by Crippen LogP contribution is -2.17. The first-order chi connectivity index (χ1) is 6.31. The Bertz CT molecular complexity index is 321. The van der Waals surface area contributed by atoms with Crippen molar-refractivity contribution in [2.45, 2.75) is 6.92 Å². The van der Waals surface area contributed by atoms with Crippen LogP contribution in [0.4, 0.5) is 0 Å². The second kappa shape index (κ2) is 3.44. The summed E-state index contributed by atoms with van der Waals surface area (Å²) in [5.74, 6) is -3.89. The Kier molecular flexibility index (Phi) is 2.78. The summed E-state index contributed by atoms with van der Waals surface area (Å²) in [6, 6.07) is 0. The van der Waals surface area contributed by atoms with Crippen LogP contribution in [0.3, 0.4) is 0 Å². The van der Waals surface area contributed by atoms with Crippen LogP contribution in [0.1, 0.15) is 6.92 Å². The van der Waals surface area contributed by atoms with Crippen LogP contribution < -0.4 is 0 Å². The SMILES string of the molecule is CC1(C(=O)O)C(C=C(Cl)Cl)C1C(=O)O. The summed E-state index contributed by atoms with van der Waals surface area (Å²) in [5.41, 5.74) is -1.29. The van der Waals surface area contributed by atoms with Crippen LogP contribution in [-0.4, -0.2) is 22.2 Å². The van der Waals surface area contributed by atoms with Crippen LogP contribution in [0.5, 0.6) is 0 Å². The first-order valence-corrected chi connectivity index (χ1v) is 4.56. The average Bonchev–Trinajstić information content (AvgIpc) is 2.56. The van der Waals surface area contributed by atoms with E-state index in [-0.39, 0.29) is 4.49 Å². The predicted octanol–water partition coefficient (Wildman–Crippen LogP) is 1.73. The van der Waals surface area contributed by atoms with Crippen molar-refractivity contribution >= 4 is 35.1 Å². The van der Waals surface area contributed by atoms with E-state index in [0.29, 0.717) is 0 Å². The smallest absolute Gasteiger partial charge is 0.310 e. The maximum absolute atomic E-state index is 10.8. The molecule has 0 saturated heterocycles. The molecule has 0 heterocycles. The monoisotopic (exact) mass is 238 g/mol. The highest BCUT2D eigenvalue weighted by Crippen LogP contribution is 2.60. The third-order valence-corrected chi connectivity index (χ3v) is 2.87. The zero-order valence-electron chi connectivity index (χ0n) is 7.20. The van der Waals surface area contributed by atoms with Crippen molar-refractivity contribution in [2.24, 2.45) is 17.3 Å². The molecule has 0 spiro atoms. The molecule has 4 nitrogen and oxygen atoms in total. The standard InChI is InChI=1S/C8H8Cl2O4/c1-8(7(13)14)3(2-4(9)10)5(8)6(11)12/h2-3,5H,1H3,(H,11,12)(H,13,14). The van der Waals surface area contributed by atoms with Crippen LogP contribution in [0.25, 0.3) is 0 Å². The Labute approximate surface area is 90.1 Å². The number of allylic oxidation sites excluding steroid dienone is 1. The molecule has 3 atom stereocenters. The number of hydrogen-bond acceptors (Lipinski definition) is 2. The van der Waals surface area contributed by atoms with Gasteiger partial charge in [0.05, 0.1) is 11.3 Å². The van der Waals surface area contributed by atoms with E-state index < -0.39 is 29.2 Å². The zero-order valence-corrected chi connectivity index (χ0v) is 8.71. The Balaban J connectivity index is 2.95. The highest BCUT2D eigenvalue weighted by molar-refractivity contribution is 6.55. The van der Waals surface area contributed by atoms with Gasteiger partial charge in [-0.2, -0.15) is 0 Å². The van der Waals surface area contributed by atoms with E-state index >= 15 is 0 Å². The summed E-state index contributed by atoms with van der Waals surface area (Å²) in [7, 11) is 0. The second-order valence-electron chi connectivity index (χ2n) is 3.39. The average molecular weight is 239 g/mol. The van der Waals surface area contributed by atoms with Crippen molar-refractivity contribution in [1.82, 2.24) is 0 Å². The lowest BCUT2D eigenvalue weighted by Gasteiger charge is -2.00. The van der Waals surface area contributed by atoms with Gasteiger partial charge in [-0.3, -0.25) is 9.59 Å². The van der Waals surface area contributed by atoms with Gasteiger partial charge >= 0.3 is 11.9 Å². The zero-order chi connectivity index (χ0) is 11.1. The molecule has 1 aliphatic carbocycles. The molecule has 0 radical (unpaired) electrons. The minimum Gasteiger partial charge on any atom is -0.481 e. The molecular formula is C8H8Cl2O4. The van der Waals surface area contributed by atoms with Gasteiger partial charge in [-0.1, -0.05) is 23.2 Å².